The van der Waals surface area contributed by atoms with Crippen molar-refractivity contribution in [1.29, 1.82) is 5.26 Å². The molecule has 0 amide bonds. The Labute approximate surface area is 74.5 Å². The molecule has 0 aromatic carbocycles. The van der Waals surface area contributed by atoms with Crippen molar-refractivity contribution in [1.82, 2.24) is 0 Å². The lowest BCUT2D eigenvalue weighted by Crippen LogP contribution is -2.31. The molecule has 0 aromatic heterocycles. The molecule has 0 heterocycles. The molecule has 0 unspecified atom stereocenters. The van der Waals surface area contributed by atoms with Gasteiger partial charge in [-0.25, -0.2) is 4.79 Å². The molecule has 0 aromatic rings. The first-order valence-corrected chi connectivity index (χ1v) is 4.19. The molecule has 62 valence electrons. The summed E-state index contributed by atoms with van der Waals surface area (Å²) in [7, 11) is 0. The number of rotatable bonds is 3. The first-order chi connectivity index (χ1) is 5.10. The van der Waals surface area contributed by atoms with E-state index < -0.39 is 10.3 Å². The maximum absolute atomic E-state index is 11.0. The Morgan fingerprint density at radius 2 is 2.09 bits per heavy atom. The lowest BCUT2D eigenvalue weighted by atomic mass is 10.0. The molecular weight excluding hydrogens is 210 g/mol. The van der Waals surface area contributed by atoms with Crippen LogP contribution in [0.25, 0.3) is 0 Å². The smallest absolute Gasteiger partial charge is 0.338 e. The van der Waals surface area contributed by atoms with Gasteiger partial charge in [0.15, 0.2) is 0 Å². The number of hydrogen-bond donors (Lipinski definition) is 0. The second kappa shape index (κ2) is 4.35. The van der Waals surface area contributed by atoms with Crippen molar-refractivity contribution in [2.75, 3.05) is 0 Å². The predicted octanol–water partition coefficient (Wildman–Crippen LogP) is 1.96. The van der Waals surface area contributed by atoms with E-state index in [1.54, 1.807) is 0 Å². The van der Waals surface area contributed by atoms with Gasteiger partial charge in [0.1, 0.15) is 4.32 Å². The van der Waals surface area contributed by atoms with Gasteiger partial charge in [0.05, 0.1) is 0 Å². The molecule has 0 radical (unpaired) electrons. The molecule has 0 aliphatic heterocycles. The molecule has 0 aliphatic rings. The van der Waals surface area contributed by atoms with Crippen LogP contribution in [0.5, 0.6) is 0 Å². The minimum atomic E-state index is -0.678. The zero-order chi connectivity index (χ0) is 8.91. The van der Waals surface area contributed by atoms with E-state index in [-0.39, 0.29) is 0 Å². The molecule has 0 saturated heterocycles. The number of halogens is 1. The number of ether oxygens (including phenoxy) is 1. The number of carbonyl (C=O) groups is 1. The Bertz CT molecular complexity index is 181. The summed E-state index contributed by atoms with van der Waals surface area (Å²) in [4.78, 5) is 11.0. The average molecular weight is 220 g/mol. The topological polar surface area (TPSA) is 50.1 Å². The van der Waals surface area contributed by atoms with E-state index >= 15 is 0 Å². The van der Waals surface area contributed by atoms with Gasteiger partial charge in [0, 0.05) is 0 Å². The summed E-state index contributed by atoms with van der Waals surface area (Å²) >= 11 is 3.22. The summed E-state index contributed by atoms with van der Waals surface area (Å²) in [5.74, 6) is -0.509. The van der Waals surface area contributed by atoms with Crippen LogP contribution in [-0.4, -0.2) is 10.3 Å². The van der Waals surface area contributed by atoms with Gasteiger partial charge in [-0.3, -0.25) is 0 Å². The predicted molar refractivity (Wildman–Crippen MR) is 43.9 cm³/mol. The Morgan fingerprint density at radius 3 is 2.36 bits per heavy atom. The van der Waals surface area contributed by atoms with Crippen LogP contribution in [0.3, 0.4) is 0 Å². The summed E-state index contributed by atoms with van der Waals surface area (Å²) < 4.78 is 3.53. The van der Waals surface area contributed by atoms with E-state index in [0.29, 0.717) is 12.8 Å². The standard InChI is InChI=1S/C7H10BrNO2/c1-3-7(8,4-2)6(10)11-5-9/h3-4H2,1-2H3. The molecule has 0 fully saturated rings. The van der Waals surface area contributed by atoms with Crippen LogP contribution in [0.15, 0.2) is 0 Å². The highest BCUT2D eigenvalue weighted by Gasteiger charge is 2.33. The van der Waals surface area contributed by atoms with Gasteiger partial charge in [-0.05, 0) is 12.8 Å². The molecular formula is C7H10BrNO2. The highest BCUT2D eigenvalue weighted by molar-refractivity contribution is 9.10. The van der Waals surface area contributed by atoms with Crippen LogP contribution in [0, 0.1) is 11.5 Å². The average Bonchev–Trinajstić information content (AvgIpc) is 2.03. The van der Waals surface area contributed by atoms with E-state index in [1.165, 1.54) is 6.26 Å². The Kier molecular flexibility index (Phi) is 4.12. The first-order valence-electron chi connectivity index (χ1n) is 3.40. The third kappa shape index (κ3) is 2.51. The Morgan fingerprint density at radius 1 is 1.64 bits per heavy atom. The molecule has 0 N–H and O–H groups in total. The minimum Gasteiger partial charge on any atom is -0.350 e. The van der Waals surface area contributed by atoms with Crippen molar-refractivity contribution < 1.29 is 9.53 Å². The van der Waals surface area contributed by atoms with Crippen LogP contribution in [-0.2, 0) is 9.53 Å². The monoisotopic (exact) mass is 219 g/mol. The number of nitriles is 1. The van der Waals surface area contributed by atoms with Crippen molar-refractivity contribution in [2.24, 2.45) is 0 Å². The molecule has 0 spiro atoms. The molecule has 0 atom stereocenters. The third-order valence-electron chi connectivity index (χ3n) is 1.62. The SMILES string of the molecule is CCC(Br)(CC)C(=O)OC#N. The summed E-state index contributed by atoms with van der Waals surface area (Å²) in [6, 6.07) is 0. The fraction of sp³-hybridized carbons (Fsp3) is 0.714. The van der Waals surface area contributed by atoms with Crippen LogP contribution in [0.2, 0.25) is 0 Å². The first kappa shape index (κ1) is 10.4. The summed E-state index contributed by atoms with van der Waals surface area (Å²) in [6.45, 7) is 3.72. The van der Waals surface area contributed by atoms with Crippen LogP contribution < -0.4 is 0 Å². The van der Waals surface area contributed by atoms with E-state index in [9.17, 15) is 4.79 Å². The molecule has 0 aliphatic carbocycles. The highest BCUT2D eigenvalue weighted by atomic mass is 79.9. The summed E-state index contributed by atoms with van der Waals surface area (Å²) in [5.41, 5.74) is 0. The number of esters is 1. The molecule has 0 saturated carbocycles. The fourth-order valence-electron chi connectivity index (χ4n) is 0.672. The van der Waals surface area contributed by atoms with Gasteiger partial charge in [-0.1, -0.05) is 29.8 Å². The van der Waals surface area contributed by atoms with Gasteiger partial charge < -0.3 is 4.74 Å². The molecule has 0 rings (SSSR count). The van der Waals surface area contributed by atoms with Gasteiger partial charge in [-0.2, -0.15) is 0 Å². The molecule has 11 heavy (non-hydrogen) atoms. The lowest BCUT2D eigenvalue weighted by Gasteiger charge is -2.18. The molecule has 3 nitrogen and oxygen atoms in total. The maximum atomic E-state index is 11.0. The van der Waals surface area contributed by atoms with Crippen LogP contribution >= 0.6 is 15.9 Å². The minimum absolute atomic E-state index is 0.509. The van der Waals surface area contributed by atoms with E-state index in [2.05, 4.69) is 20.7 Å². The van der Waals surface area contributed by atoms with Crippen molar-refractivity contribution in [2.45, 2.75) is 31.0 Å². The van der Waals surface area contributed by atoms with Crippen LogP contribution in [0.4, 0.5) is 0 Å². The second-order valence-corrected chi connectivity index (χ2v) is 3.67. The fourth-order valence-corrected chi connectivity index (χ4v) is 0.753. The van der Waals surface area contributed by atoms with Gasteiger partial charge in [0.25, 0.3) is 6.26 Å². The maximum Gasteiger partial charge on any atom is 0.338 e. The van der Waals surface area contributed by atoms with Gasteiger partial charge in [-0.15, -0.1) is 5.26 Å². The van der Waals surface area contributed by atoms with Crippen molar-refractivity contribution in [3.63, 3.8) is 0 Å². The zero-order valence-corrected chi connectivity index (χ0v) is 8.14. The van der Waals surface area contributed by atoms with E-state index in [4.69, 9.17) is 5.26 Å². The second-order valence-electron chi connectivity index (χ2n) is 2.15. The van der Waals surface area contributed by atoms with Crippen LogP contribution in [0.1, 0.15) is 26.7 Å². The van der Waals surface area contributed by atoms with E-state index in [1.807, 2.05) is 13.8 Å². The van der Waals surface area contributed by atoms with Gasteiger partial charge >= 0.3 is 5.97 Å². The lowest BCUT2D eigenvalue weighted by molar-refractivity contribution is -0.139. The van der Waals surface area contributed by atoms with Crippen molar-refractivity contribution in [3.05, 3.63) is 0 Å². The normalized spacial score (nSPS) is 10.4. The summed E-state index contributed by atoms with van der Waals surface area (Å²) in [6.07, 6.45) is 2.59. The number of carbonyl (C=O) groups excluding carboxylic acids is 1. The number of nitrogens with zero attached hydrogens (tertiary/aromatic N) is 1. The Hall–Kier alpha value is -0.560. The zero-order valence-electron chi connectivity index (χ0n) is 6.56. The third-order valence-corrected chi connectivity index (χ3v) is 3.07. The van der Waals surface area contributed by atoms with Gasteiger partial charge in [0.2, 0.25) is 0 Å². The van der Waals surface area contributed by atoms with E-state index in [0.717, 1.165) is 0 Å². The molecule has 4 heteroatoms. The number of hydrogen-bond acceptors (Lipinski definition) is 3. The summed E-state index contributed by atoms with van der Waals surface area (Å²) in [5, 5.41) is 8.08. The number of alkyl halides is 1. The quantitative estimate of drug-likeness (QED) is 0.415. The highest BCUT2D eigenvalue weighted by Crippen LogP contribution is 2.27. The largest absolute Gasteiger partial charge is 0.350 e. The van der Waals surface area contributed by atoms with Crippen molar-refractivity contribution >= 4 is 21.9 Å². The molecule has 0 bridgehead atoms. The van der Waals surface area contributed by atoms with Crippen molar-refractivity contribution in [3.8, 4) is 6.26 Å². The Balaban J connectivity index is 4.27.